The Balaban J connectivity index is 1.32. The van der Waals surface area contributed by atoms with E-state index in [0.29, 0.717) is 6.61 Å². The molecule has 0 aromatic heterocycles. The first kappa shape index (κ1) is 22.4. The van der Waals surface area contributed by atoms with E-state index in [-0.39, 0.29) is 24.0 Å². The molecule has 3 rings (SSSR count). The lowest BCUT2D eigenvalue weighted by Crippen LogP contribution is -3.30. The summed E-state index contributed by atoms with van der Waals surface area (Å²) in [7, 11) is 1.65. The summed E-state index contributed by atoms with van der Waals surface area (Å²) < 4.78 is 11.0. The van der Waals surface area contributed by atoms with Crippen molar-refractivity contribution >= 4 is 11.9 Å². The molecule has 1 aromatic carbocycles. The lowest BCUT2D eigenvalue weighted by atomic mass is 10.2. The molecule has 4 N–H and O–H groups in total. The number of hydrogen-bond acceptors (Lipinski definition) is 4. The number of rotatable bonds is 8. The fraction of sp³-hybridized carbons (Fsp3) is 0.636. The minimum atomic E-state index is -0.349. The van der Waals surface area contributed by atoms with Crippen LogP contribution in [0.2, 0.25) is 0 Å². The molecule has 30 heavy (non-hydrogen) atoms. The van der Waals surface area contributed by atoms with Crippen molar-refractivity contribution in [1.82, 2.24) is 10.6 Å². The van der Waals surface area contributed by atoms with Crippen LogP contribution in [0.15, 0.2) is 24.3 Å². The van der Waals surface area contributed by atoms with Gasteiger partial charge in [-0.3, -0.25) is 10.1 Å². The van der Waals surface area contributed by atoms with Crippen LogP contribution in [0.5, 0.6) is 11.5 Å². The number of piperazine rings is 1. The predicted octanol–water partition coefficient (Wildman–Crippen LogP) is -0.986. The molecule has 2 fully saturated rings. The van der Waals surface area contributed by atoms with E-state index in [2.05, 4.69) is 10.6 Å². The van der Waals surface area contributed by atoms with E-state index >= 15 is 0 Å². The highest BCUT2D eigenvalue weighted by Crippen LogP contribution is 2.17. The number of benzene rings is 1. The highest BCUT2D eigenvalue weighted by molar-refractivity contribution is 5.96. The van der Waals surface area contributed by atoms with Gasteiger partial charge in [-0.15, -0.1) is 0 Å². The minimum Gasteiger partial charge on any atom is -0.497 e. The Morgan fingerprint density at radius 2 is 1.70 bits per heavy atom. The van der Waals surface area contributed by atoms with Crippen molar-refractivity contribution in [3.63, 3.8) is 0 Å². The van der Waals surface area contributed by atoms with E-state index in [1.165, 1.54) is 9.80 Å². The van der Waals surface area contributed by atoms with Gasteiger partial charge in [0, 0.05) is 6.04 Å². The number of urea groups is 1. The average Bonchev–Trinajstić information content (AvgIpc) is 3.27. The molecule has 8 heteroatoms. The van der Waals surface area contributed by atoms with E-state index in [0.717, 1.165) is 69.9 Å². The molecule has 0 radical (unpaired) electrons. The maximum Gasteiger partial charge on any atom is 0.321 e. The van der Waals surface area contributed by atoms with E-state index in [1.54, 1.807) is 7.11 Å². The molecule has 1 aromatic rings. The van der Waals surface area contributed by atoms with Gasteiger partial charge in [-0.25, -0.2) is 4.79 Å². The van der Waals surface area contributed by atoms with Gasteiger partial charge in [-0.2, -0.15) is 0 Å². The number of imide groups is 1. The monoisotopic (exact) mass is 420 g/mol. The lowest BCUT2D eigenvalue weighted by molar-refractivity contribution is -1.02. The van der Waals surface area contributed by atoms with Gasteiger partial charge in [0.2, 0.25) is 0 Å². The topological polar surface area (TPSA) is 85.5 Å². The summed E-state index contributed by atoms with van der Waals surface area (Å²) in [5, 5.41) is 5.44. The summed E-state index contributed by atoms with van der Waals surface area (Å²) in [6.07, 6.45) is 4.32. The highest BCUT2D eigenvalue weighted by Gasteiger charge is 2.32. The number of ether oxygens (including phenoxy) is 2. The molecule has 1 saturated carbocycles. The Hall–Kier alpha value is -2.32. The first-order valence-electron chi connectivity index (χ1n) is 11.1. The third-order valence-electron chi connectivity index (χ3n) is 6.32. The van der Waals surface area contributed by atoms with Gasteiger partial charge >= 0.3 is 6.03 Å². The number of carbonyl (C=O) groups is 2. The van der Waals surface area contributed by atoms with Gasteiger partial charge < -0.3 is 24.6 Å². The number of methoxy groups -OCH3 is 1. The molecule has 0 spiro atoms. The summed E-state index contributed by atoms with van der Waals surface area (Å²) >= 11 is 0. The van der Waals surface area contributed by atoms with Crippen molar-refractivity contribution < 1.29 is 28.9 Å². The number of nitrogens with one attached hydrogen (secondary N) is 4. The van der Waals surface area contributed by atoms with Gasteiger partial charge in [-0.05, 0) is 44.0 Å². The zero-order chi connectivity index (χ0) is 21.3. The zero-order valence-corrected chi connectivity index (χ0v) is 18.2. The van der Waals surface area contributed by atoms with Crippen LogP contribution >= 0.6 is 0 Å². The molecular formula is C22H36N4O4+2. The van der Waals surface area contributed by atoms with Gasteiger partial charge in [0.1, 0.15) is 50.8 Å². The molecule has 1 aliphatic heterocycles. The average molecular weight is 421 g/mol. The standard InChI is InChI=1S/C22H34N4O4/c1-17(21(27)24-22(28)23-18-5-3-4-6-18)26-13-11-25(12-14-26)15-16-30-20-9-7-19(29-2)8-10-20/h7-10,17-18H,3-6,11-16H2,1-2H3,(H2,23,24,27,28)/p+2/t17-/m1/s1. The summed E-state index contributed by atoms with van der Waals surface area (Å²) in [5.41, 5.74) is 0. The van der Waals surface area contributed by atoms with Gasteiger partial charge in [-0.1, -0.05) is 12.8 Å². The molecule has 2 aliphatic rings. The van der Waals surface area contributed by atoms with E-state index in [9.17, 15) is 9.59 Å². The normalized spacial score (nSPS) is 22.9. The van der Waals surface area contributed by atoms with Crippen molar-refractivity contribution in [2.45, 2.75) is 44.7 Å². The lowest BCUT2D eigenvalue weighted by Gasteiger charge is -2.32. The number of quaternary nitrogens is 2. The third-order valence-corrected chi connectivity index (χ3v) is 6.32. The Morgan fingerprint density at radius 1 is 1.07 bits per heavy atom. The van der Waals surface area contributed by atoms with E-state index < -0.39 is 0 Å². The van der Waals surface area contributed by atoms with Crippen LogP contribution in [0.4, 0.5) is 4.79 Å². The number of amides is 3. The number of carbonyl (C=O) groups excluding carboxylic acids is 2. The quantitative estimate of drug-likeness (QED) is 0.435. The minimum absolute atomic E-state index is 0.188. The molecule has 1 aliphatic carbocycles. The van der Waals surface area contributed by atoms with Gasteiger partial charge in [0.15, 0.2) is 6.04 Å². The highest BCUT2D eigenvalue weighted by atomic mass is 16.5. The maximum absolute atomic E-state index is 12.5. The van der Waals surface area contributed by atoms with Crippen LogP contribution in [0, 0.1) is 0 Å². The molecule has 8 nitrogen and oxygen atoms in total. The third kappa shape index (κ3) is 6.60. The molecule has 3 amide bonds. The van der Waals surface area contributed by atoms with Gasteiger partial charge in [0.25, 0.3) is 5.91 Å². The zero-order valence-electron chi connectivity index (χ0n) is 18.2. The first-order chi connectivity index (χ1) is 14.5. The van der Waals surface area contributed by atoms with Crippen LogP contribution in [0.25, 0.3) is 0 Å². The Bertz CT molecular complexity index is 683. The fourth-order valence-electron chi connectivity index (χ4n) is 4.29. The fourth-order valence-corrected chi connectivity index (χ4v) is 4.29. The van der Waals surface area contributed by atoms with E-state index in [1.807, 2.05) is 31.2 Å². The number of hydrogen-bond donors (Lipinski definition) is 4. The van der Waals surface area contributed by atoms with Crippen LogP contribution in [0.1, 0.15) is 32.6 Å². The second-order valence-electron chi connectivity index (χ2n) is 8.35. The van der Waals surface area contributed by atoms with Crippen molar-refractivity contribution in [2.24, 2.45) is 0 Å². The van der Waals surface area contributed by atoms with Crippen LogP contribution in [-0.4, -0.2) is 70.5 Å². The smallest absolute Gasteiger partial charge is 0.321 e. The molecule has 1 heterocycles. The Morgan fingerprint density at radius 3 is 2.33 bits per heavy atom. The maximum atomic E-state index is 12.5. The predicted molar refractivity (Wildman–Crippen MR) is 113 cm³/mol. The largest absolute Gasteiger partial charge is 0.497 e. The Labute approximate surface area is 178 Å². The molecule has 1 atom stereocenters. The van der Waals surface area contributed by atoms with Crippen molar-refractivity contribution in [3.8, 4) is 11.5 Å². The molecule has 1 saturated heterocycles. The molecule has 166 valence electrons. The summed E-state index contributed by atoms with van der Waals surface area (Å²) in [6, 6.07) is 7.26. The van der Waals surface area contributed by atoms with Crippen molar-refractivity contribution in [3.05, 3.63) is 24.3 Å². The molecule has 0 bridgehead atoms. The molecule has 0 unspecified atom stereocenters. The Kier molecular flexibility index (Phi) is 8.33. The van der Waals surface area contributed by atoms with Crippen LogP contribution < -0.4 is 29.9 Å². The second kappa shape index (κ2) is 11.2. The summed E-state index contributed by atoms with van der Waals surface area (Å²) in [5.74, 6) is 1.48. The van der Waals surface area contributed by atoms with Crippen LogP contribution in [-0.2, 0) is 4.79 Å². The van der Waals surface area contributed by atoms with Crippen molar-refractivity contribution in [1.29, 1.82) is 0 Å². The summed E-state index contributed by atoms with van der Waals surface area (Å²) in [4.78, 5) is 27.2. The molecular weight excluding hydrogens is 384 g/mol. The van der Waals surface area contributed by atoms with E-state index in [4.69, 9.17) is 9.47 Å². The van der Waals surface area contributed by atoms with Crippen LogP contribution in [0.3, 0.4) is 0 Å². The summed E-state index contributed by atoms with van der Waals surface area (Å²) in [6.45, 7) is 7.32. The van der Waals surface area contributed by atoms with Gasteiger partial charge in [0.05, 0.1) is 7.11 Å². The second-order valence-corrected chi connectivity index (χ2v) is 8.35. The first-order valence-corrected chi connectivity index (χ1v) is 11.1. The van der Waals surface area contributed by atoms with Crippen molar-refractivity contribution in [2.75, 3.05) is 46.4 Å². The SMILES string of the molecule is COc1ccc(OCC[NH+]2CC[NH+]([C@H](C)C(=O)NC(=O)NC3CCCC3)CC2)cc1.